The van der Waals surface area contributed by atoms with E-state index in [1.54, 1.807) is 0 Å². The van der Waals surface area contributed by atoms with Crippen LogP contribution < -0.4 is 10.6 Å². The van der Waals surface area contributed by atoms with Crippen LogP contribution in [0.5, 0.6) is 0 Å². The molecule has 2 amide bonds. The van der Waals surface area contributed by atoms with Crippen molar-refractivity contribution in [3.63, 3.8) is 0 Å². The van der Waals surface area contributed by atoms with Gasteiger partial charge in [0.15, 0.2) is 0 Å². The molecular weight excluding hydrogens is 264 g/mol. The molecule has 0 bridgehead atoms. The minimum atomic E-state index is -0.290. The summed E-state index contributed by atoms with van der Waals surface area (Å²) in [7, 11) is 0. The summed E-state index contributed by atoms with van der Waals surface area (Å²) in [5, 5.41) is 5.91. The van der Waals surface area contributed by atoms with Crippen LogP contribution in [0.1, 0.15) is 40.0 Å². The number of amides is 2. The number of rotatable bonds is 6. The third kappa shape index (κ3) is 5.58. The van der Waals surface area contributed by atoms with E-state index in [0.29, 0.717) is 5.92 Å². The number of carbonyl (C=O) groups is 2. The van der Waals surface area contributed by atoms with Crippen molar-refractivity contribution >= 4 is 11.8 Å². The minimum absolute atomic E-state index is 0.0557. The van der Waals surface area contributed by atoms with Crippen LogP contribution in [0.3, 0.4) is 0 Å². The van der Waals surface area contributed by atoms with Crippen LogP contribution in [0.25, 0.3) is 0 Å². The Morgan fingerprint density at radius 1 is 1.33 bits per heavy atom. The SMILES string of the molecule is C=CC(=O)N[C@@H]1C[C@@H](CC(C)(C)NC(=O)C=C)CC=C1C. The number of hydrogen-bond acceptors (Lipinski definition) is 2. The van der Waals surface area contributed by atoms with E-state index in [9.17, 15) is 9.59 Å². The fourth-order valence-electron chi connectivity index (χ4n) is 2.84. The first-order valence-corrected chi connectivity index (χ1v) is 7.31. The Morgan fingerprint density at radius 3 is 2.52 bits per heavy atom. The number of allylic oxidation sites excluding steroid dienone is 1. The summed E-state index contributed by atoms with van der Waals surface area (Å²) in [6.45, 7) is 13.0. The number of carbonyl (C=O) groups excluding carboxylic acids is 2. The molecule has 0 saturated heterocycles. The van der Waals surface area contributed by atoms with Gasteiger partial charge in [-0.15, -0.1) is 0 Å². The molecular formula is C17H26N2O2. The molecule has 0 unspecified atom stereocenters. The van der Waals surface area contributed by atoms with E-state index in [0.717, 1.165) is 19.3 Å². The third-order valence-corrected chi connectivity index (χ3v) is 3.84. The molecule has 0 fully saturated rings. The average Bonchev–Trinajstić information content (AvgIpc) is 2.41. The maximum atomic E-state index is 11.5. The molecule has 0 heterocycles. The lowest BCUT2D eigenvalue weighted by atomic mass is 9.79. The monoisotopic (exact) mass is 290 g/mol. The van der Waals surface area contributed by atoms with Gasteiger partial charge in [0.1, 0.15) is 0 Å². The molecule has 0 aliphatic heterocycles. The first-order chi connectivity index (χ1) is 9.77. The minimum Gasteiger partial charge on any atom is -0.348 e. The van der Waals surface area contributed by atoms with Crippen LogP contribution in [0.4, 0.5) is 0 Å². The van der Waals surface area contributed by atoms with Crippen LogP contribution in [0.15, 0.2) is 37.0 Å². The van der Waals surface area contributed by atoms with Gasteiger partial charge in [-0.3, -0.25) is 9.59 Å². The van der Waals surface area contributed by atoms with Crippen molar-refractivity contribution in [3.8, 4) is 0 Å². The lowest BCUT2D eigenvalue weighted by Crippen LogP contribution is -2.45. The topological polar surface area (TPSA) is 58.2 Å². The summed E-state index contributed by atoms with van der Waals surface area (Å²) in [5.74, 6) is 0.121. The smallest absolute Gasteiger partial charge is 0.243 e. The molecule has 0 saturated carbocycles. The van der Waals surface area contributed by atoms with Crippen molar-refractivity contribution in [2.75, 3.05) is 0 Å². The van der Waals surface area contributed by atoms with Gasteiger partial charge in [-0.2, -0.15) is 0 Å². The molecule has 21 heavy (non-hydrogen) atoms. The highest BCUT2D eigenvalue weighted by Gasteiger charge is 2.29. The Labute approximate surface area is 127 Å². The second-order valence-corrected chi connectivity index (χ2v) is 6.33. The zero-order valence-corrected chi connectivity index (χ0v) is 13.2. The summed E-state index contributed by atoms with van der Waals surface area (Å²) in [5.41, 5.74) is 0.900. The maximum absolute atomic E-state index is 11.5. The van der Waals surface area contributed by atoms with Gasteiger partial charge >= 0.3 is 0 Å². The summed E-state index contributed by atoms with van der Waals surface area (Å²) in [6, 6.07) is 0.0557. The largest absolute Gasteiger partial charge is 0.348 e. The van der Waals surface area contributed by atoms with Crippen LogP contribution in [0.2, 0.25) is 0 Å². The molecule has 2 N–H and O–H groups in total. The standard InChI is InChI=1S/C17H26N2O2/c1-6-15(20)18-14-10-13(9-8-12(14)3)11-17(4,5)19-16(21)7-2/h6-8,13-14H,1-2,9-11H2,3-5H3,(H,18,20)(H,19,21)/t13-,14+/m0/s1. The van der Waals surface area contributed by atoms with E-state index in [1.807, 2.05) is 20.8 Å². The van der Waals surface area contributed by atoms with Crippen LogP contribution in [0, 0.1) is 5.92 Å². The van der Waals surface area contributed by atoms with Crippen LogP contribution in [-0.2, 0) is 9.59 Å². The summed E-state index contributed by atoms with van der Waals surface area (Å²) >= 11 is 0. The summed E-state index contributed by atoms with van der Waals surface area (Å²) in [4.78, 5) is 22.9. The van der Waals surface area contributed by atoms with E-state index in [1.165, 1.54) is 17.7 Å². The number of hydrogen-bond donors (Lipinski definition) is 2. The predicted molar refractivity (Wildman–Crippen MR) is 85.6 cm³/mol. The lowest BCUT2D eigenvalue weighted by Gasteiger charge is -2.35. The average molecular weight is 290 g/mol. The van der Waals surface area contributed by atoms with Gasteiger partial charge in [0.2, 0.25) is 11.8 Å². The van der Waals surface area contributed by atoms with Gasteiger partial charge in [-0.05, 0) is 58.1 Å². The van der Waals surface area contributed by atoms with E-state index < -0.39 is 0 Å². The summed E-state index contributed by atoms with van der Waals surface area (Å²) in [6.07, 6.45) is 7.48. The van der Waals surface area contributed by atoms with Crippen LogP contribution in [-0.4, -0.2) is 23.4 Å². The molecule has 4 nitrogen and oxygen atoms in total. The summed E-state index contributed by atoms with van der Waals surface area (Å²) < 4.78 is 0. The van der Waals surface area contributed by atoms with Crippen molar-refractivity contribution < 1.29 is 9.59 Å². The third-order valence-electron chi connectivity index (χ3n) is 3.84. The van der Waals surface area contributed by atoms with Gasteiger partial charge in [0, 0.05) is 5.54 Å². The molecule has 1 rings (SSSR count). The van der Waals surface area contributed by atoms with Crippen molar-refractivity contribution in [2.45, 2.75) is 51.6 Å². The molecule has 116 valence electrons. The van der Waals surface area contributed by atoms with Crippen molar-refractivity contribution in [3.05, 3.63) is 37.0 Å². The van der Waals surface area contributed by atoms with Crippen molar-refractivity contribution in [1.29, 1.82) is 0 Å². The van der Waals surface area contributed by atoms with Gasteiger partial charge < -0.3 is 10.6 Å². The van der Waals surface area contributed by atoms with E-state index in [2.05, 4.69) is 29.9 Å². The molecule has 4 heteroatoms. The Kier molecular flexibility index (Phi) is 5.94. The fraction of sp³-hybridized carbons (Fsp3) is 0.529. The van der Waals surface area contributed by atoms with Gasteiger partial charge in [0.25, 0.3) is 0 Å². The van der Waals surface area contributed by atoms with Gasteiger partial charge in [-0.25, -0.2) is 0 Å². The van der Waals surface area contributed by atoms with Gasteiger partial charge in [0.05, 0.1) is 6.04 Å². The fourth-order valence-corrected chi connectivity index (χ4v) is 2.84. The second-order valence-electron chi connectivity index (χ2n) is 6.33. The zero-order valence-electron chi connectivity index (χ0n) is 13.2. The normalized spacial score (nSPS) is 22.0. The molecule has 0 aromatic rings. The Balaban J connectivity index is 2.65. The molecule has 0 radical (unpaired) electrons. The molecule has 2 atom stereocenters. The first-order valence-electron chi connectivity index (χ1n) is 7.31. The molecule has 0 aromatic heterocycles. The highest BCUT2D eigenvalue weighted by molar-refractivity contribution is 5.87. The zero-order chi connectivity index (χ0) is 16.0. The Bertz CT molecular complexity index is 463. The highest BCUT2D eigenvalue weighted by atomic mass is 16.2. The highest BCUT2D eigenvalue weighted by Crippen LogP contribution is 2.30. The second kappa shape index (κ2) is 7.25. The lowest BCUT2D eigenvalue weighted by molar-refractivity contribution is -0.118. The van der Waals surface area contributed by atoms with Gasteiger partial charge in [-0.1, -0.05) is 24.8 Å². The Morgan fingerprint density at radius 2 is 1.95 bits per heavy atom. The van der Waals surface area contributed by atoms with E-state index in [4.69, 9.17) is 0 Å². The first kappa shape index (κ1) is 17.2. The molecule has 1 aliphatic rings. The number of nitrogens with one attached hydrogen (secondary N) is 2. The van der Waals surface area contributed by atoms with E-state index in [-0.39, 0.29) is 23.4 Å². The maximum Gasteiger partial charge on any atom is 0.243 e. The quantitative estimate of drug-likeness (QED) is 0.583. The molecule has 1 aliphatic carbocycles. The van der Waals surface area contributed by atoms with Crippen LogP contribution >= 0.6 is 0 Å². The predicted octanol–water partition coefficient (Wildman–Crippen LogP) is 2.48. The molecule has 0 spiro atoms. The molecule has 0 aromatic carbocycles. The van der Waals surface area contributed by atoms with Crippen molar-refractivity contribution in [2.24, 2.45) is 5.92 Å². The van der Waals surface area contributed by atoms with Crippen molar-refractivity contribution in [1.82, 2.24) is 10.6 Å². The van der Waals surface area contributed by atoms with E-state index >= 15 is 0 Å². The Hall–Kier alpha value is -1.84.